The molecule has 2 amide bonds. The van der Waals surface area contributed by atoms with Crippen molar-refractivity contribution < 1.29 is 19.1 Å². The molecule has 0 atom stereocenters. The van der Waals surface area contributed by atoms with Crippen LogP contribution in [0.25, 0.3) is 0 Å². The number of thioether (sulfide) groups is 1. The molecule has 1 heterocycles. The Morgan fingerprint density at radius 1 is 1.11 bits per heavy atom. The molecule has 0 aliphatic carbocycles. The Labute approximate surface area is 165 Å². The molecule has 1 aromatic heterocycles. The van der Waals surface area contributed by atoms with Crippen LogP contribution in [-0.4, -0.2) is 40.8 Å². The second kappa shape index (κ2) is 8.96. The normalized spacial score (nSPS) is 11.0. The van der Waals surface area contributed by atoms with Crippen molar-refractivity contribution in [2.75, 3.05) is 23.5 Å². The number of hydrogen-bond donors (Lipinski definition) is 2. The van der Waals surface area contributed by atoms with E-state index in [1.807, 2.05) is 0 Å². The molecular formula is C17H20N4O4S2. The van der Waals surface area contributed by atoms with Crippen molar-refractivity contribution in [1.82, 2.24) is 10.2 Å². The molecule has 2 rings (SSSR count). The highest BCUT2D eigenvalue weighted by Crippen LogP contribution is 2.27. The first kappa shape index (κ1) is 20.8. The molecule has 144 valence electrons. The van der Waals surface area contributed by atoms with Crippen LogP contribution in [0.4, 0.5) is 10.8 Å². The summed E-state index contributed by atoms with van der Waals surface area (Å²) in [5.41, 5.74) is 0.453. The monoisotopic (exact) mass is 408 g/mol. The standard InChI is InChI=1S/C17H20N4O4S2/c1-17(2,3)14(24)19-15-20-21-16(27-15)26-9-12(22)18-11-7-5-10(6-8-11)13(23)25-4/h5-8H,9H2,1-4H3,(H,18,22)(H,19,20,24). The van der Waals surface area contributed by atoms with E-state index in [4.69, 9.17) is 0 Å². The largest absolute Gasteiger partial charge is 0.465 e. The molecule has 8 nitrogen and oxygen atoms in total. The molecule has 1 aromatic carbocycles. The lowest BCUT2D eigenvalue weighted by Gasteiger charge is -2.15. The molecule has 0 saturated heterocycles. The SMILES string of the molecule is COC(=O)c1ccc(NC(=O)CSc2nnc(NC(=O)C(C)(C)C)s2)cc1. The number of carbonyl (C=O) groups is 3. The van der Waals surface area contributed by atoms with Crippen LogP contribution in [0, 0.1) is 5.41 Å². The van der Waals surface area contributed by atoms with E-state index in [1.54, 1.807) is 45.0 Å². The Hall–Kier alpha value is -2.46. The molecule has 0 spiro atoms. The molecule has 0 aliphatic heterocycles. The molecule has 10 heteroatoms. The minimum Gasteiger partial charge on any atom is -0.465 e. The maximum absolute atomic E-state index is 12.0. The van der Waals surface area contributed by atoms with Gasteiger partial charge in [0.25, 0.3) is 0 Å². The molecule has 2 aromatic rings. The molecule has 27 heavy (non-hydrogen) atoms. The number of esters is 1. The van der Waals surface area contributed by atoms with Gasteiger partial charge in [-0.1, -0.05) is 43.9 Å². The quantitative estimate of drug-likeness (QED) is 0.429. The number of anilines is 2. The van der Waals surface area contributed by atoms with Gasteiger partial charge in [0, 0.05) is 11.1 Å². The van der Waals surface area contributed by atoms with E-state index in [2.05, 4.69) is 25.6 Å². The Morgan fingerprint density at radius 2 is 1.78 bits per heavy atom. The van der Waals surface area contributed by atoms with Gasteiger partial charge in [0.2, 0.25) is 16.9 Å². The van der Waals surface area contributed by atoms with E-state index >= 15 is 0 Å². The summed E-state index contributed by atoms with van der Waals surface area (Å²) < 4.78 is 5.20. The Morgan fingerprint density at radius 3 is 2.37 bits per heavy atom. The predicted molar refractivity (Wildman–Crippen MR) is 105 cm³/mol. The van der Waals surface area contributed by atoms with Gasteiger partial charge in [0.05, 0.1) is 18.4 Å². The van der Waals surface area contributed by atoms with Crippen molar-refractivity contribution in [3.05, 3.63) is 29.8 Å². The smallest absolute Gasteiger partial charge is 0.337 e. The zero-order valence-electron chi connectivity index (χ0n) is 15.4. The highest BCUT2D eigenvalue weighted by Gasteiger charge is 2.22. The maximum atomic E-state index is 12.0. The van der Waals surface area contributed by atoms with E-state index in [9.17, 15) is 14.4 Å². The summed E-state index contributed by atoms with van der Waals surface area (Å²) in [6.45, 7) is 5.42. The number of rotatable bonds is 6. The zero-order chi connectivity index (χ0) is 20.0. The highest BCUT2D eigenvalue weighted by molar-refractivity contribution is 8.01. The van der Waals surface area contributed by atoms with Gasteiger partial charge in [-0.3, -0.25) is 9.59 Å². The van der Waals surface area contributed by atoms with Crippen LogP contribution in [0.15, 0.2) is 28.6 Å². The van der Waals surface area contributed by atoms with Crippen molar-refractivity contribution in [3.8, 4) is 0 Å². The first-order valence-electron chi connectivity index (χ1n) is 7.95. The highest BCUT2D eigenvalue weighted by atomic mass is 32.2. The second-order valence-corrected chi connectivity index (χ2v) is 8.68. The summed E-state index contributed by atoms with van der Waals surface area (Å²) in [5.74, 6) is -0.667. The van der Waals surface area contributed by atoms with Gasteiger partial charge in [-0.15, -0.1) is 10.2 Å². The van der Waals surface area contributed by atoms with E-state index in [0.717, 1.165) is 0 Å². The van der Waals surface area contributed by atoms with E-state index in [0.29, 0.717) is 20.7 Å². The molecule has 0 unspecified atom stereocenters. The van der Waals surface area contributed by atoms with Crippen LogP contribution < -0.4 is 10.6 Å². The lowest BCUT2D eigenvalue weighted by Crippen LogP contribution is -2.27. The first-order chi connectivity index (χ1) is 12.7. The fourth-order valence-electron chi connectivity index (χ4n) is 1.74. The molecule has 2 N–H and O–H groups in total. The molecule has 0 radical (unpaired) electrons. The van der Waals surface area contributed by atoms with Crippen molar-refractivity contribution in [3.63, 3.8) is 0 Å². The summed E-state index contributed by atoms with van der Waals surface area (Å²) in [7, 11) is 1.31. The lowest BCUT2D eigenvalue weighted by molar-refractivity contribution is -0.123. The fraction of sp³-hybridized carbons (Fsp3) is 0.353. The van der Waals surface area contributed by atoms with Crippen molar-refractivity contribution >= 4 is 51.7 Å². The van der Waals surface area contributed by atoms with Gasteiger partial charge in [-0.2, -0.15) is 0 Å². The van der Waals surface area contributed by atoms with Crippen molar-refractivity contribution in [2.24, 2.45) is 5.41 Å². The van der Waals surface area contributed by atoms with Crippen LogP contribution in [0.3, 0.4) is 0 Å². The average molecular weight is 409 g/mol. The van der Waals surface area contributed by atoms with Crippen LogP contribution in [0.2, 0.25) is 0 Å². The lowest BCUT2D eigenvalue weighted by atomic mass is 9.96. The minimum atomic E-state index is -0.526. The number of carbonyl (C=O) groups excluding carboxylic acids is 3. The van der Waals surface area contributed by atoms with Gasteiger partial charge >= 0.3 is 5.97 Å². The number of methoxy groups -OCH3 is 1. The Kier molecular flexibility index (Phi) is 6.92. The third kappa shape index (κ3) is 6.33. The number of hydrogen-bond acceptors (Lipinski definition) is 8. The number of benzene rings is 1. The van der Waals surface area contributed by atoms with Crippen LogP contribution in [-0.2, 0) is 14.3 Å². The van der Waals surface area contributed by atoms with Gasteiger partial charge in [0.15, 0.2) is 4.34 Å². The maximum Gasteiger partial charge on any atom is 0.337 e. The van der Waals surface area contributed by atoms with Gasteiger partial charge in [-0.05, 0) is 24.3 Å². The summed E-state index contributed by atoms with van der Waals surface area (Å²) in [4.78, 5) is 35.3. The van der Waals surface area contributed by atoms with Crippen LogP contribution in [0.5, 0.6) is 0 Å². The zero-order valence-corrected chi connectivity index (χ0v) is 17.0. The molecular weight excluding hydrogens is 388 g/mol. The summed E-state index contributed by atoms with van der Waals surface area (Å²) in [5, 5.41) is 13.7. The second-order valence-electron chi connectivity index (χ2n) is 6.48. The molecule has 0 fully saturated rings. The number of amides is 2. The van der Waals surface area contributed by atoms with Gasteiger partial charge in [-0.25, -0.2) is 4.79 Å². The van der Waals surface area contributed by atoms with Crippen LogP contribution in [0.1, 0.15) is 31.1 Å². The molecule has 0 saturated carbocycles. The number of aromatic nitrogens is 2. The first-order valence-corrected chi connectivity index (χ1v) is 9.75. The summed E-state index contributed by atoms with van der Waals surface area (Å²) >= 11 is 2.43. The van der Waals surface area contributed by atoms with E-state index in [1.165, 1.54) is 30.2 Å². The molecule has 0 bridgehead atoms. The third-order valence-corrected chi connectivity index (χ3v) is 5.20. The predicted octanol–water partition coefficient (Wildman–Crippen LogP) is 3.04. The fourth-order valence-corrected chi connectivity index (χ4v) is 3.28. The van der Waals surface area contributed by atoms with Gasteiger partial charge in [0.1, 0.15) is 0 Å². The Bertz CT molecular complexity index is 828. The minimum absolute atomic E-state index is 0.139. The van der Waals surface area contributed by atoms with Gasteiger partial charge < -0.3 is 15.4 Å². The number of nitrogens with zero attached hydrogens (tertiary/aromatic N) is 2. The summed E-state index contributed by atoms with van der Waals surface area (Å²) in [6.07, 6.45) is 0. The molecule has 0 aliphatic rings. The third-order valence-electron chi connectivity index (χ3n) is 3.22. The van der Waals surface area contributed by atoms with E-state index in [-0.39, 0.29) is 17.6 Å². The van der Waals surface area contributed by atoms with Crippen molar-refractivity contribution in [2.45, 2.75) is 25.1 Å². The number of ether oxygens (including phenoxy) is 1. The van der Waals surface area contributed by atoms with E-state index < -0.39 is 11.4 Å². The average Bonchev–Trinajstić information content (AvgIpc) is 3.06. The topological polar surface area (TPSA) is 110 Å². The van der Waals surface area contributed by atoms with Crippen LogP contribution >= 0.6 is 23.1 Å². The summed E-state index contributed by atoms with van der Waals surface area (Å²) in [6, 6.07) is 6.40. The number of nitrogens with one attached hydrogen (secondary N) is 2. The Balaban J connectivity index is 1.84. The van der Waals surface area contributed by atoms with Crippen molar-refractivity contribution in [1.29, 1.82) is 0 Å².